The van der Waals surface area contributed by atoms with E-state index >= 15 is 0 Å². The van der Waals surface area contributed by atoms with Crippen LogP contribution >= 0.6 is 23.2 Å². The summed E-state index contributed by atoms with van der Waals surface area (Å²) in [6.45, 7) is 1.79. The van der Waals surface area contributed by atoms with Crippen molar-refractivity contribution in [3.8, 4) is 0 Å². The molecule has 0 N–H and O–H groups in total. The van der Waals surface area contributed by atoms with Crippen molar-refractivity contribution in [1.82, 2.24) is 0 Å². The Balaban J connectivity index is 2.50. The molecule has 25 heavy (non-hydrogen) atoms. The van der Waals surface area contributed by atoms with E-state index in [0.717, 1.165) is 12.1 Å². The standard InChI is InChI=1S/C17H12Cl2F3NO2/c1-2-25-16(12-8-7-10(18)9-14(12)19)23-15(24)11-5-3-4-6-13(11)17(20,21)22/h3-9H,2H2,1H3. The summed E-state index contributed by atoms with van der Waals surface area (Å²) in [5.74, 6) is -1.26. The van der Waals surface area contributed by atoms with Crippen LogP contribution in [-0.2, 0) is 10.9 Å². The van der Waals surface area contributed by atoms with E-state index in [1.54, 1.807) is 6.92 Å². The molecule has 0 saturated carbocycles. The maximum absolute atomic E-state index is 13.1. The number of ether oxygens (including phenoxy) is 1. The Morgan fingerprint density at radius 2 is 1.80 bits per heavy atom. The summed E-state index contributed by atoms with van der Waals surface area (Å²) in [6.07, 6.45) is -4.68. The Labute approximate surface area is 152 Å². The number of benzene rings is 2. The number of aliphatic imine (C=N–C) groups is 1. The SMILES string of the molecule is CCOC(=NC(=O)c1ccccc1C(F)(F)F)c1ccc(Cl)cc1Cl. The predicted octanol–water partition coefficient (Wildman–Crippen LogP) is 5.64. The van der Waals surface area contributed by atoms with Crippen molar-refractivity contribution in [3.05, 3.63) is 69.2 Å². The lowest BCUT2D eigenvalue weighted by molar-refractivity contribution is -0.137. The number of hydrogen-bond acceptors (Lipinski definition) is 2. The second-order valence-electron chi connectivity index (χ2n) is 4.82. The van der Waals surface area contributed by atoms with Gasteiger partial charge in [0.05, 0.1) is 28.3 Å². The normalized spacial score (nSPS) is 12.2. The van der Waals surface area contributed by atoms with Crippen molar-refractivity contribution in [2.24, 2.45) is 4.99 Å². The fourth-order valence-corrected chi connectivity index (χ4v) is 2.53. The molecule has 3 nitrogen and oxygen atoms in total. The first-order valence-electron chi connectivity index (χ1n) is 7.11. The minimum absolute atomic E-state index is 0.145. The second kappa shape index (κ2) is 7.89. The molecule has 132 valence electrons. The lowest BCUT2D eigenvalue weighted by Gasteiger charge is -2.12. The van der Waals surface area contributed by atoms with Gasteiger partial charge in [0, 0.05) is 5.02 Å². The molecule has 0 bridgehead atoms. The zero-order chi connectivity index (χ0) is 18.6. The molecule has 0 radical (unpaired) electrons. The topological polar surface area (TPSA) is 38.7 Å². The number of halogens is 5. The minimum atomic E-state index is -4.68. The Bertz CT molecular complexity index is 820. The van der Waals surface area contributed by atoms with Crippen LogP contribution in [0.4, 0.5) is 13.2 Å². The lowest BCUT2D eigenvalue weighted by atomic mass is 10.1. The van der Waals surface area contributed by atoms with Gasteiger partial charge in [0.1, 0.15) is 0 Å². The first kappa shape index (κ1) is 19.3. The number of nitrogens with zero attached hydrogens (tertiary/aromatic N) is 1. The van der Waals surface area contributed by atoms with E-state index in [1.165, 1.54) is 30.3 Å². The van der Waals surface area contributed by atoms with Gasteiger partial charge in [0.25, 0.3) is 5.91 Å². The van der Waals surface area contributed by atoms with Crippen molar-refractivity contribution in [3.63, 3.8) is 0 Å². The predicted molar refractivity (Wildman–Crippen MR) is 90.4 cm³/mol. The molecule has 0 spiro atoms. The average Bonchev–Trinajstić information content (AvgIpc) is 2.53. The minimum Gasteiger partial charge on any atom is -0.477 e. The van der Waals surface area contributed by atoms with Gasteiger partial charge in [-0.2, -0.15) is 18.2 Å². The summed E-state index contributed by atoms with van der Waals surface area (Å²) in [6, 6.07) is 8.80. The van der Waals surface area contributed by atoms with Gasteiger partial charge in [-0.15, -0.1) is 0 Å². The average molecular weight is 390 g/mol. The van der Waals surface area contributed by atoms with Crippen LogP contribution in [0.1, 0.15) is 28.4 Å². The van der Waals surface area contributed by atoms with Crippen LogP contribution in [0, 0.1) is 0 Å². The molecule has 1 amide bonds. The van der Waals surface area contributed by atoms with Crippen LogP contribution in [0.2, 0.25) is 10.0 Å². The monoisotopic (exact) mass is 389 g/mol. The van der Waals surface area contributed by atoms with Crippen LogP contribution in [0.3, 0.4) is 0 Å². The third-order valence-electron chi connectivity index (χ3n) is 3.11. The summed E-state index contributed by atoms with van der Waals surface area (Å²) in [5, 5.41) is 0.523. The van der Waals surface area contributed by atoms with Crippen molar-refractivity contribution in [1.29, 1.82) is 0 Å². The zero-order valence-electron chi connectivity index (χ0n) is 12.9. The largest absolute Gasteiger partial charge is 0.477 e. The van der Waals surface area contributed by atoms with Crippen LogP contribution in [-0.4, -0.2) is 18.4 Å². The van der Waals surface area contributed by atoms with Gasteiger partial charge in [0.2, 0.25) is 5.90 Å². The number of carbonyl (C=O) groups is 1. The summed E-state index contributed by atoms with van der Waals surface area (Å²) < 4.78 is 44.5. The first-order valence-corrected chi connectivity index (χ1v) is 7.87. The molecule has 0 heterocycles. The van der Waals surface area contributed by atoms with E-state index in [1.807, 2.05) is 0 Å². The molecule has 2 rings (SSSR count). The van der Waals surface area contributed by atoms with Gasteiger partial charge in [-0.3, -0.25) is 4.79 Å². The van der Waals surface area contributed by atoms with E-state index < -0.39 is 23.2 Å². The number of rotatable bonds is 3. The molecule has 0 aliphatic carbocycles. The van der Waals surface area contributed by atoms with Gasteiger partial charge >= 0.3 is 6.18 Å². The second-order valence-corrected chi connectivity index (χ2v) is 5.67. The van der Waals surface area contributed by atoms with E-state index in [4.69, 9.17) is 27.9 Å². The summed E-state index contributed by atoms with van der Waals surface area (Å²) in [7, 11) is 0. The van der Waals surface area contributed by atoms with E-state index in [-0.39, 0.29) is 23.1 Å². The maximum Gasteiger partial charge on any atom is 0.417 e. The molecule has 0 atom stereocenters. The highest BCUT2D eigenvalue weighted by Crippen LogP contribution is 2.32. The van der Waals surface area contributed by atoms with E-state index in [0.29, 0.717) is 5.02 Å². The molecule has 8 heteroatoms. The highest BCUT2D eigenvalue weighted by molar-refractivity contribution is 6.37. The summed E-state index contributed by atoms with van der Waals surface area (Å²) in [4.78, 5) is 16.0. The van der Waals surface area contributed by atoms with Crippen LogP contribution in [0.5, 0.6) is 0 Å². The highest BCUT2D eigenvalue weighted by atomic mass is 35.5. The third-order valence-corrected chi connectivity index (χ3v) is 3.66. The number of hydrogen-bond donors (Lipinski definition) is 0. The molecule has 2 aromatic carbocycles. The molecule has 0 aromatic heterocycles. The van der Waals surface area contributed by atoms with Gasteiger partial charge in [-0.05, 0) is 37.3 Å². The third kappa shape index (κ3) is 4.74. The van der Waals surface area contributed by atoms with Crippen molar-refractivity contribution >= 4 is 35.0 Å². The Morgan fingerprint density at radius 1 is 1.12 bits per heavy atom. The maximum atomic E-state index is 13.1. The number of alkyl halides is 3. The van der Waals surface area contributed by atoms with Crippen molar-refractivity contribution in [2.75, 3.05) is 6.61 Å². The van der Waals surface area contributed by atoms with Crippen molar-refractivity contribution < 1.29 is 22.7 Å². The van der Waals surface area contributed by atoms with Gasteiger partial charge in [-0.1, -0.05) is 35.3 Å². The Hall–Kier alpha value is -2.05. The Kier molecular flexibility index (Phi) is 6.08. The molecule has 0 aliphatic rings. The smallest absolute Gasteiger partial charge is 0.417 e. The van der Waals surface area contributed by atoms with Crippen molar-refractivity contribution in [2.45, 2.75) is 13.1 Å². The lowest BCUT2D eigenvalue weighted by Crippen LogP contribution is -2.15. The zero-order valence-corrected chi connectivity index (χ0v) is 14.4. The van der Waals surface area contributed by atoms with Crippen LogP contribution < -0.4 is 0 Å². The number of amides is 1. The van der Waals surface area contributed by atoms with Crippen LogP contribution in [0.25, 0.3) is 0 Å². The Morgan fingerprint density at radius 3 is 2.40 bits per heavy atom. The molecule has 0 fully saturated rings. The van der Waals surface area contributed by atoms with Gasteiger partial charge < -0.3 is 4.74 Å². The quantitative estimate of drug-likeness (QED) is 0.503. The van der Waals surface area contributed by atoms with E-state index in [9.17, 15) is 18.0 Å². The summed E-state index contributed by atoms with van der Waals surface area (Å²) >= 11 is 11.9. The molecular weight excluding hydrogens is 378 g/mol. The molecule has 2 aromatic rings. The summed E-state index contributed by atoms with van der Waals surface area (Å²) in [5.41, 5.74) is -1.38. The van der Waals surface area contributed by atoms with Crippen LogP contribution in [0.15, 0.2) is 47.5 Å². The van der Waals surface area contributed by atoms with E-state index in [2.05, 4.69) is 4.99 Å². The fraction of sp³-hybridized carbons (Fsp3) is 0.176. The highest BCUT2D eigenvalue weighted by Gasteiger charge is 2.35. The fourth-order valence-electron chi connectivity index (χ4n) is 2.04. The first-order chi connectivity index (χ1) is 11.7. The molecule has 0 aliphatic heterocycles. The van der Waals surface area contributed by atoms with Gasteiger partial charge in [0.15, 0.2) is 0 Å². The number of carbonyl (C=O) groups excluding carboxylic acids is 1. The molecular formula is C17H12Cl2F3NO2. The molecule has 0 unspecified atom stereocenters. The van der Waals surface area contributed by atoms with Gasteiger partial charge in [-0.25, -0.2) is 0 Å². The molecule has 0 saturated heterocycles.